The van der Waals surface area contributed by atoms with Crippen molar-refractivity contribution in [3.63, 3.8) is 0 Å². The Bertz CT molecular complexity index is 644. The molecule has 2 aromatic rings. The first-order valence-electron chi connectivity index (χ1n) is 5.51. The van der Waals surface area contributed by atoms with Gasteiger partial charge in [0.15, 0.2) is 5.13 Å². The van der Waals surface area contributed by atoms with E-state index in [9.17, 15) is 19.1 Å². The van der Waals surface area contributed by atoms with Crippen molar-refractivity contribution in [2.45, 2.75) is 6.54 Å². The smallest absolute Gasteiger partial charge is 0.321 e. The molecule has 0 radical (unpaired) electrons. The summed E-state index contributed by atoms with van der Waals surface area (Å²) in [7, 11) is 0. The van der Waals surface area contributed by atoms with Crippen molar-refractivity contribution in [3.05, 3.63) is 46.7 Å². The van der Waals surface area contributed by atoms with Crippen molar-refractivity contribution in [3.8, 4) is 0 Å². The van der Waals surface area contributed by atoms with Gasteiger partial charge < -0.3 is 15.2 Å². The van der Waals surface area contributed by atoms with Gasteiger partial charge in [-0.15, -0.1) is 11.3 Å². The fraction of sp³-hybridized carbons (Fsp3) is 0.0833. The molecule has 104 valence electrons. The van der Waals surface area contributed by atoms with Crippen LogP contribution in [0.4, 0.5) is 14.3 Å². The number of hydrogen-bond acceptors (Lipinski definition) is 5. The van der Waals surface area contributed by atoms with Gasteiger partial charge in [-0.2, -0.15) is 0 Å². The number of carboxylic acid groups (broad SMARTS) is 1. The third-order valence-electron chi connectivity index (χ3n) is 2.28. The van der Waals surface area contributed by atoms with E-state index in [1.54, 1.807) is 6.07 Å². The number of benzene rings is 1. The maximum Gasteiger partial charge on any atom is 0.321 e. The third-order valence-corrected chi connectivity index (χ3v) is 3.03. The molecule has 0 atom stereocenters. The Balaban J connectivity index is 1.87. The minimum absolute atomic E-state index is 0.140. The van der Waals surface area contributed by atoms with Crippen LogP contribution in [0.3, 0.4) is 0 Å². The molecule has 2 amide bonds. The number of nitrogens with one attached hydrogen (secondary N) is 2. The summed E-state index contributed by atoms with van der Waals surface area (Å²) in [6, 6.07) is 5.25. The van der Waals surface area contributed by atoms with Gasteiger partial charge in [0, 0.05) is 11.9 Å². The van der Waals surface area contributed by atoms with Crippen molar-refractivity contribution in [2.24, 2.45) is 0 Å². The summed E-state index contributed by atoms with van der Waals surface area (Å²) in [4.78, 5) is 25.7. The second kappa shape index (κ2) is 6.11. The van der Waals surface area contributed by atoms with Crippen LogP contribution in [0.5, 0.6) is 0 Å². The molecule has 0 bridgehead atoms. The lowest BCUT2D eigenvalue weighted by Crippen LogP contribution is -2.28. The normalized spacial score (nSPS) is 10.1. The molecule has 0 saturated carbocycles. The van der Waals surface area contributed by atoms with E-state index in [1.807, 2.05) is 0 Å². The summed E-state index contributed by atoms with van der Waals surface area (Å²) >= 11 is 0.966. The number of carboxylic acids is 1. The van der Waals surface area contributed by atoms with E-state index < -0.39 is 12.0 Å². The van der Waals surface area contributed by atoms with E-state index in [-0.39, 0.29) is 23.2 Å². The van der Waals surface area contributed by atoms with Gasteiger partial charge >= 0.3 is 6.03 Å². The zero-order valence-electron chi connectivity index (χ0n) is 10.1. The van der Waals surface area contributed by atoms with E-state index >= 15 is 0 Å². The molecule has 6 nitrogen and oxygen atoms in total. The molecule has 1 heterocycles. The number of hydrogen-bond donors (Lipinski definition) is 2. The van der Waals surface area contributed by atoms with E-state index in [0.717, 1.165) is 11.3 Å². The molecule has 20 heavy (non-hydrogen) atoms. The highest BCUT2D eigenvalue weighted by Gasteiger charge is 2.06. The van der Waals surface area contributed by atoms with Crippen LogP contribution < -0.4 is 15.7 Å². The van der Waals surface area contributed by atoms with Crippen LogP contribution in [-0.2, 0) is 6.54 Å². The van der Waals surface area contributed by atoms with Crippen LogP contribution in [0.25, 0.3) is 0 Å². The third kappa shape index (κ3) is 3.75. The Labute approximate surface area is 117 Å². The highest BCUT2D eigenvalue weighted by Crippen LogP contribution is 2.14. The van der Waals surface area contributed by atoms with E-state index in [0.29, 0.717) is 5.56 Å². The van der Waals surface area contributed by atoms with Gasteiger partial charge in [-0.1, -0.05) is 12.1 Å². The Morgan fingerprint density at radius 1 is 1.40 bits per heavy atom. The first-order valence-corrected chi connectivity index (χ1v) is 6.39. The van der Waals surface area contributed by atoms with Gasteiger partial charge in [-0.25, -0.2) is 14.2 Å². The lowest BCUT2D eigenvalue weighted by atomic mass is 10.2. The van der Waals surface area contributed by atoms with Gasteiger partial charge in [0.1, 0.15) is 5.82 Å². The van der Waals surface area contributed by atoms with E-state index in [4.69, 9.17) is 0 Å². The van der Waals surface area contributed by atoms with Crippen molar-refractivity contribution in [1.29, 1.82) is 0 Å². The molecule has 8 heteroatoms. The van der Waals surface area contributed by atoms with Crippen LogP contribution >= 0.6 is 11.3 Å². The number of urea groups is 1. The number of halogens is 1. The second-order valence-corrected chi connectivity index (χ2v) is 4.62. The van der Waals surface area contributed by atoms with Crippen molar-refractivity contribution in [2.75, 3.05) is 5.32 Å². The monoisotopic (exact) mass is 294 g/mol. The van der Waals surface area contributed by atoms with Crippen molar-refractivity contribution in [1.82, 2.24) is 10.3 Å². The summed E-state index contributed by atoms with van der Waals surface area (Å²) < 4.78 is 12.9. The van der Waals surface area contributed by atoms with Gasteiger partial charge in [-0.05, 0) is 17.7 Å². The molecular formula is C12H9FN3O3S-. The second-order valence-electron chi connectivity index (χ2n) is 3.76. The zero-order chi connectivity index (χ0) is 14.5. The molecule has 0 unspecified atom stereocenters. The lowest BCUT2D eigenvalue weighted by molar-refractivity contribution is -0.255. The van der Waals surface area contributed by atoms with E-state index in [2.05, 4.69) is 15.6 Å². The molecule has 0 spiro atoms. The molecule has 0 aliphatic rings. The molecular weight excluding hydrogens is 285 g/mol. The van der Waals surface area contributed by atoms with Gasteiger partial charge in [0.25, 0.3) is 0 Å². The quantitative estimate of drug-likeness (QED) is 0.878. The van der Waals surface area contributed by atoms with Gasteiger partial charge in [-0.3, -0.25) is 5.32 Å². The average molecular weight is 294 g/mol. The minimum atomic E-state index is -1.41. The first-order chi connectivity index (χ1) is 9.54. The number of aromatic carboxylic acids is 1. The minimum Gasteiger partial charge on any atom is -0.543 e. The fourth-order valence-electron chi connectivity index (χ4n) is 1.40. The molecule has 2 N–H and O–H groups in total. The predicted molar refractivity (Wildman–Crippen MR) is 68.7 cm³/mol. The Hall–Kier alpha value is -2.48. The van der Waals surface area contributed by atoms with E-state index in [1.165, 1.54) is 23.6 Å². The number of nitrogens with zero attached hydrogens (tertiary/aromatic N) is 1. The summed E-state index contributed by atoms with van der Waals surface area (Å²) in [6.45, 7) is 0.141. The highest BCUT2D eigenvalue weighted by molar-refractivity contribution is 7.14. The van der Waals surface area contributed by atoms with Crippen molar-refractivity contribution < 1.29 is 19.1 Å². The Morgan fingerprint density at radius 2 is 2.20 bits per heavy atom. The summed E-state index contributed by atoms with van der Waals surface area (Å²) in [5, 5.41) is 16.8. The molecule has 0 aliphatic carbocycles. The molecule has 0 saturated heterocycles. The lowest BCUT2D eigenvalue weighted by Gasteiger charge is -2.05. The first kappa shape index (κ1) is 13.9. The number of amides is 2. The van der Waals surface area contributed by atoms with Gasteiger partial charge in [0.2, 0.25) is 0 Å². The summed E-state index contributed by atoms with van der Waals surface area (Å²) in [5.74, 6) is -1.79. The zero-order valence-corrected chi connectivity index (χ0v) is 10.9. The topological polar surface area (TPSA) is 94.2 Å². The van der Waals surface area contributed by atoms with Crippen LogP contribution in [0.1, 0.15) is 16.1 Å². The largest absolute Gasteiger partial charge is 0.543 e. The molecule has 2 rings (SSSR count). The number of aromatic nitrogens is 1. The van der Waals surface area contributed by atoms with Crippen LogP contribution in [-0.4, -0.2) is 17.0 Å². The van der Waals surface area contributed by atoms with Crippen LogP contribution in [0, 0.1) is 5.82 Å². The number of anilines is 1. The van der Waals surface area contributed by atoms with Gasteiger partial charge in [0.05, 0.1) is 11.7 Å². The molecule has 0 fully saturated rings. The Kier molecular flexibility index (Phi) is 4.26. The summed E-state index contributed by atoms with van der Waals surface area (Å²) in [5.41, 5.74) is 0.366. The molecule has 0 aliphatic heterocycles. The number of rotatable bonds is 4. The number of carbonyl (C=O) groups excluding carboxylic acids is 2. The fourth-order valence-corrected chi connectivity index (χ4v) is 2.07. The SMILES string of the molecule is O=C(NCc1cccc(F)c1)Nc1nc(C(=O)[O-])cs1. The average Bonchev–Trinajstić information content (AvgIpc) is 2.85. The van der Waals surface area contributed by atoms with Crippen LogP contribution in [0.15, 0.2) is 29.6 Å². The summed E-state index contributed by atoms with van der Waals surface area (Å²) in [6.07, 6.45) is 0. The molecule has 1 aromatic heterocycles. The van der Waals surface area contributed by atoms with Crippen LogP contribution in [0.2, 0.25) is 0 Å². The maximum absolute atomic E-state index is 12.9. The predicted octanol–water partition coefficient (Wildman–Crippen LogP) is 0.967. The standard InChI is InChI=1S/C12H10FN3O3S/c13-8-3-1-2-7(4-8)5-14-11(19)16-12-15-9(6-20-12)10(17)18/h1-4,6H,5H2,(H,17,18)(H2,14,15,16,19)/p-1. The highest BCUT2D eigenvalue weighted by atomic mass is 32.1. The molecule has 1 aromatic carbocycles. The maximum atomic E-state index is 12.9. The number of thiazole rings is 1. The van der Waals surface area contributed by atoms with Crippen molar-refractivity contribution >= 4 is 28.5 Å². The Morgan fingerprint density at radius 3 is 2.85 bits per heavy atom. The number of carbonyl (C=O) groups is 2.